The second kappa shape index (κ2) is 4.67. The first-order valence-corrected chi connectivity index (χ1v) is 4.79. The van der Waals surface area contributed by atoms with Gasteiger partial charge >= 0.3 is 12.1 Å². The molecular formula is C8H10BF4NO4. The predicted molar refractivity (Wildman–Crippen MR) is 50.2 cm³/mol. The molecule has 0 unspecified atom stereocenters. The number of rotatable bonds is 2. The Labute approximate surface area is 101 Å². The van der Waals surface area contributed by atoms with Gasteiger partial charge in [-0.3, -0.25) is 4.79 Å². The van der Waals surface area contributed by atoms with Crippen molar-refractivity contribution in [2.24, 2.45) is 0 Å². The van der Waals surface area contributed by atoms with Gasteiger partial charge in [0, 0.05) is 7.11 Å². The molecule has 0 aliphatic carbocycles. The van der Waals surface area contributed by atoms with Gasteiger partial charge in [-0.25, -0.2) is 4.39 Å². The van der Waals surface area contributed by atoms with E-state index in [1.54, 1.807) is 0 Å². The molecule has 2 N–H and O–H groups in total. The van der Waals surface area contributed by atoms with E-state index in [0.717, 1.165) is 7.11 Å². The lowest BCUT2D eigenvalue weighted by Gasteiger charge is -2.30. The molecule has 0 spiro atoms. The zero-order valence-corrected chi connectivity index (χ0v) is 9.19. The number of likely N-dealkylation sites (tertiary alicyclic amines) is 1. The number of alkyl halides is 4. The van der Waals surface area contributed by atoms with Gasteiger partial charge in [0.05, 0.1) is 18.6 Å². The first-order valence-electron chi connectivity index (χ1n) is 4.79. The summed E-state index contributed by atoms with van der Waals surface area (Å²) in [4.78, 5) is 10.9. The molecular weight excluding hydrogens is 261 g/mol. The zero-order valence-electron chi connectivity index (χ0n) is 9.19. The molecule has 1 heterocycles. The van der Waals surface area contributed by atoms with Gasteiger partial charge < -0.3 is 19.8 Å². The number of ether oxygens (including phenoxy) is 1. The molecule has 0 bridgehead atoms. The highest BCUT2D eigenvalue weighted by Gasteiger charge is 2.62. The van der Waals surface area contributed by atoms with E-state index in [1.165, 1.54) is 0 Å². The minimum absolute atomic E-state index is 0.159. The van der Waals surface area contributed by atoms with E-state index in [-0.39, 0.29) is 4.90 Å². The highest BCUT2D eigenvalue weighted by atomic mass is 19.4. The first kappa shape index (κ1) is 15.2. The van der Waals surface area contributed by atoms with Crippen LogP contribution in [-0.2, 0) is 9.53 Å². The van der Waals surface area contributed by atoms with Crippen molar-refractivity contribution in [3.63, 3.8) is 0 Å². The summed E-state index contributed by atoms with van der Waals surface area (Å²) in [5.41, 5.74) is 0. The Morgan fingerprint density at radius 1 is 1.56 bits per heavy atom. The van der Waals surface area contributed by atoms with E-state index in [9.17, 15) is 27.5 Å². The standard InChI is InChI=1S/C8H10BF4NO4/c1-18-7(10)4(16)3(2-15)14(5(7)9)6(17)8(11,12)13/h3-5,15-16H,2H2,1H3/t3-,4-,5-,7-/m1/s1. The van der Waals surface area contributed by atoms with Gasteiger partial charge in [-0.15, -0.1) is 0 Å². The predicted octanol–water partition coefficient (Wildman–Crippen LogP) is -1.08. The van der Waals surface area contributed by atoms with E-state index in [0.29, 0.717) is 0 Å². The summed E-state index contributed by atoms with van der Waals surface area (Å²) >= 11 is 0. The number of hydrogen-bond acceptors (Lipinski definition) is 4. The third-order valence-electron chi connectivity index (χ3n) is 2.80. The highest BCUT2D eigenvalue weighted by molar-refractivity contribution is 6.14. The van der Waals surface area contributed by atoms with Crippen molar-refractivity contribution >= 4 is 13.8 Å². The molecule has 0 aromatic carbocycles. The molecule has 1 fully saturated rings. The molecule has 18 heavy (non-hydrogen) atoms. The maximum Gasteiger partial charge on any atom is 0.471 e. The first-order chi connectivity index (χ1) is 8.11. The third-order valence-corrected chi connectivity index (χ3v) is 2.80. The number of aliphatic hydroxyl groups is 2. The molecule has 0 aromatic heterocycles. The molecule has 0 saturated carbocycles. The van der Waals surface area contributed by atoms with E-state index >= 15 is 0 Å². The Bertz CT molecular complexity index is 340. The van der Waals surface area contributed by atoms with Crippen LogP contribution in [0.3, 0.4) is 0 Å². The Morgan fingerprint density at radius 3 is 2.39 bits per heavy atom. The summed E-state index contributed by atoms with van der Waals surface area (Å²) in [5.74, 6) is -7.71. The second-order valence-electron chi connectivity index (χ2n) is 3.75. The molecule has 1 aliphatic rings. The van der Waals surface area contributed by atoms with Crippen LogP contribution in [0.2, 0.25) is 0 Å². The van der Waals surface area contributed by atoms with Crippen LogP contribution in [0, 0.1) is 0 Å². The normalized spacial score (nSPS) is 37.1. The van der Waals surface area contributed by atoms with Crippen molar-refractivity contribution in [2.75, 3.05) is 13.7 Å². The summed E-state index contributed by atoms with van der Waals surface area (Å²) in [5, 5.41) is 18.3. The fourth-order valence-corrected chi connectivity index (χ4v) is 1.84. The summed E-state index contributed by atoms with van der Waals surface area (Å²) in [6.45, 7) is -1.09. The second-order valence-corrected chi connectivity index (χ2v) is 3.75. The van der Waals surface area contributed by atoms with Gasteiger partial charge in [-0.05, 0) is 0 Å². The number of aliphatic hydroxyl groups excluding tert-OH is 2. The Hall–Kier alpha value is -0.865. The number of nitrogens with zero attached hydrogens (tertiary/aromatic N) is 1. The molecule has 102 valence electrons. The summed E-state index contributed by atoms with van der Waals surface area (Å²) in [6.07, 6.45) is -7.49. The number of hydrogen-bond donors (Lipinski definition) is 2. The molecule has 1 saturated heterocycles. The molecule has 1 aliphatic heterocycles. The smallest absolute Gasteiger partial charge is 0.394 e. The van der Waals surface area contributed by atoms with Crippen LogP contribution in [0.5, 0.6) is 0 Å². The number of halogens is 4. The van der Waals surface area contributed by atoms with Crippen LogP contribution in [0.1, 0.15) is 0 Å². The fourth-order valence-electron chi connectivity index (χ4n) is 1.84. The summed E-state index contributed by atoms with van der Waals surface area (Å²) in [7, 11) is 5.93. The van der Waals surface area contributed by atoms with Crippen molar-refractivity contribution < 1.29 is 37.3 Å². The molecule has 0 aromatic rings. The average Bonchev–Trinajstić information content (AvgIpc) is 2.48. The molecule has 10 heteroatoms. The van der Waals surface area contributed by atoms with Gasteiger partial charge in [-0.2, -0.15) is 13.2 Å². The van der Waals surface area contributed by atoms with Crippen LogP contribution in [0.4, 0.5) is 17.6 Å². The van der Waals surface area contributed by atoms with Crippen molar-refractivity contribution in [3.05, 3.63) is 0 Å². The maximum atomic E-state index is 14.0. The SMILES string of the molecule is [B][C@@H]1N(C(=O)C(F)(F)F)[C@H](CO)[C@@H](O)[C@@]1(F)OC. The topological polar surface area (TPSA) is 70.0 Å². The molecule has 5 nitrogen and oxygen atoms in total. The van der Waals surface area contributed by atoms with E-state index in [2.05, 4.69) is 4.74 Å². The average molecular weight is 271 g/mol. The van der Waals surface area contributed by atoms with Crippen molar-refractivity contribution in [3.8, 4) is 0 Å². The van der Waals surface area contributed by atoms with Gasteiger partial charge in [0.25, 0.3) is 0 Å². The lowest BCUT2D eigenvalue weighted by molar-refractivity contribution is -0.192. The van der Waals surface area contributed by atoms with Crippen LogP contribution in [0.25, 0.3) is 0 Å². The van der Waals surface area contributed by atoms with Crippen LogP contribution in [-0.4, -0.2) is 72.7 Å². The third kappa shape index (κ3) is 2.08. The maximum absolute atomic E-state index is 14.0. The molecule has 2 radical (unpaired) electrons. The summed E-state index contributed by atoms with van der Waals surface area (Å²) in [6, 6.07) is -1.83. The Balaban J connectivity index is 3.15. The monoisotopic (exact) mass is 271 g/mol. The van der Waals surface area contributed by atoms with Crippen molar-refractivity contribution in [1.29, 1.82) is 0 Å². The van der Waals surface area contributed by atoms with E-state index in [4.69, 9.17) is 13.0 Å². The van der Waals surface area contributed by atoms with Crippen LogP contribution < -0.4 is 0 Å². The van der Waals surface area contributed by atoms with Gasteiger partial charge in [-0.1, -0.05) is 0 Å². The van der Waals surface area contributed by atoms with Crippen molar-refractivity contribution in [2.45, 2.75) is 30.1 Å². The minimum Gasteiger partial charge on any atom is -0.394 e. The largest absolute Gasteiger partial charge is 0.471 e. The van der Waals surface area contributed by atoms with E-state index < -0.39 is 42.6 Å². The van der Waals surface area contributed by atoms with E-state index in [1.807, 2.05) is 0 Å². The number of amides is 1. The Morgan fingerprint density at radius 2 is 2.06 bits per heavy atom. The number of carbonyl (C=O) groups excluding carboxylic acids is 1. The van der Waals surface area contributed by atoms with Crippen LogP contribution in [0.15, 0.2) is 0 Å². The lowest BCUT2D eigenvalue weighted by atomic mass is 9.88. The van der Waals surface area contributed by atoms with Crippen LogP contribution >= 0.6 is 0 Å². The number of carbonyl (C=O) groups is 1. The highest BCUT2D eigenvalue weighted by Crippen LogP contribution is 2.38. The Kier molecular flexibility index (Phi) is 3.94. The van der Waals surface area contributed by atoms with Gasteiger partial charge in [0.2, 0.25) is 5.85 Å². The molecule has 4 atom stereocenters. The fraction of sp³-hybridized carbons (Fsp3) is 0.875. The quantitative estimate of drug-likeness (QED) is 0.495. The summed E-state index contributed by atoms with van der Waals surface area (Å²) < 4.78 is 55.1. The zero-order chi connectivity index (χ0) is 14.3. The minimum atomic E-state index is -5.30. The molecule has 1 rings (SSSR count). The van der Waals surface area contributed by atoms with Gasteiger partial charge in [0.1, 0.15) is 14.0 Å². The number of methoxy groups -OCH3 is 1. The molecule has 1 amide bonds. The van der Waals surface area contributed by atoms with Gasteiger partial charge in [0.15, 0.2) is 0 Å². The van der Waals surface area contributed by atoms with Crippen molar-refractivity contribution in [1.82, 2.24) is 4.90 Å². The lowest BCUT2D eigenvalue weighted by Crippen LogP contribution is -2.52.